The second-order valence-corrected chi connectivity index (χ2v) is 7.59. The monoisotopic (exact) mass is 429 g/mol. The van der Waals surface area contributed by atoms with Crippen LogP contribution >= 0.6 is 7.82 Å². The minimum Gasteiger partial charge on any atom is -0.756 e. The number of carbonyl (C=O) groups is 1. The van der Waals surface area contributed by atoms with Crippen LogP contribution < -0.4 is 4.89 Å². The zero-order valence-electron chi connectivity index (χ0n) is 15.9. The van der Waals surface area contributed by atoms with Gasteiger partial charge in [-0.2, -0.15) is 0 Å². The lowest BCUT2D eigenvalue weighted by Crippen LogP contribution is -2.42. The highest BCUT2D eigenvalue weighted by molar-refractivity contribution is 7.44. The number of ether oxygens (including phenoxy) is 1. The first-order chi connectivity index (χ1) is 13.5. The quantitative estimate of drug-likeness (QED) is 0.158. The maximum Gasteiger partial charge on any atom is 0.331 e. The fraction of sp³-hybridized carbons (Fsp3) is 0.421. The molecule has 5 unspecified atom stereocenters. The van der Waals surface area contributed by atoms with Gasteiger partial charge in [0.25, 0.3) is 7.82 Å². The molecule has 0 aromatic heterocycles. The van der Waals surface area contributed by atoms with Crippen LogP contribution in [0.5, 0.6) is 0 Å². The van der Waals surface area contributed by atoms with E-state index < -0.39 is 37.7 Å². The van der Waals surface area contributed by atoms with E-state index in [4.69, 9.17) is 14.7 Å². The summed E-state index contributed by atoms with van der Waals surface area (Å²) in [7, 11) is -5.21. The number of phosphoric ester groups is 1. The molecule has 9 nitrogen and oxygen atoms in total. The smallest absolute Gasteiger partial charge is 0.331 e. The minimum absolute atomic E-state index is 0.106. The molecule has 0 bridgehead atoms. The van der Waals surface area contributed by atoms with Crippen molar-refractivity contribution < 1.29 is 43.7 Å². The van der Waals surface area contributed by atoms with E-state index in [2.05, 4.69) is 4.52 Å². The maximum absolute atomic E-state index is 11.2. The van der Waals surface area contributed by atoms with Crippen molar-refractivity contribution in [3.8, 4) is 0 Å². The standard InChI is InChI=1S/C19H27O9P/c1-19(23,12-11-16-9-7-10-18(22)27-16)17(28-29(24,25)26)14-15(21)8-5-3-2-4-6-13-20/h2-8,10-12,15-17,20-21,23H,9,13-14H2,1H3,(H2,24,25,26)/p-1/b3-2+,6-4+,8-5+,12-11+. The molecule has 29 heavy (non-hydrogen) atoms. The number of carbonyl (C=O) groups excluding carboxylic acids is 1. The average molecular weight is 429 g/mol. The molecule has 1 heterocycles. The highest BCUT2D eigenvalue weighted by Crippen LogP contribution is 2.37. The van der Waals surface area contributed by atoms with Gasteiger partial charge < -0.3 is 34.4 Å². The summed E-state index contributed by atoms with van der Waals surface area (Å²) < 4.78 is 20.8. The van der Waals surface area contributed by atoms with E-state index >= 15 is 0 Å². The van der Waals surface area contributed by atoms with Gasteiger partial charge in [-0.15, -0.1) is 0 Å². The van der Waals surface area contributed by atoms with Gasteiger partial charge in [0.2, 0.25) is 0 Å². The fourth-order valence-corrected chi connectivity index (χ4v) is 2.99. The van der Waals surface area contributed by atoms with E-state index in [9.17, 15) is 24.5 Å². The van der Waals surface area contributed by atoms with Gasteiger partial charge in [0, 0.05) is 18.9 Å². The Balaban J connectivity index is 2.84. The molecule has 10 heteroatoms. The summed E-state index contributed by atoms with van der Waals surface area (Å²) >= 11 is 0. The van der Waals surface area contributed by atoms with Crippen LogP contribution in [0, 0.1) is 0 Å². The number of hydrogen-bond acceptors (Lipinski definition) is 8. The number of hydrogen-bond donors (Lipinski definition) is 4. The highest BCUT2D eigenvalue weighted by atomic mass is 31.2. The molecule has 1 aliphatic heterocycles. The van der Waals surface area contributed by atoms with Crippen molar-refractivity contribution in [2.24, 2.45) is 0 Å². The second-order valence-electron chi connectivity index (χ2n) is 6.44. The van der Waals surface area contributed by atoms with Gasteiger partial charge in [0.1, 0.15) is 17.8 Å². The largest absolute Gasteiger partial charge is 0.756 e. The van der Waals surface area contributed by atoms with Crippen LogP contribution in [0.1, 0.15) is 19.8 Å². The number of aliphatic hydroxyl groups excluding tert-OH is 2. The number of rotatable bonds is 11. The molecular formula is C19H26O9P-. The summed E-state index contributed by atoms with van der Waals surface area (Å²) in [6.07, 6.45) is 11.2. The normalized spacial score (nSPS) is 24.2. The summed E-state index contributed by atoms with van der Waals surface area (Å²) in [5, 5.41) is 29.3. The topological polar surface area (TPSA) is 157 Å². The first-order valence-corrected chi connectivity index (χ1v) is 10.3. The SMILES string of the molecule is CC(O)(/C=C/C1CC=CC(=O)O1)C(CC(O)/C=C/C=C/C=C/CO)OP(=O)([O-])O. The minimum atomic E-state index is -5.21. The predicted molar refractivity (Wildman–Crippen MR) is 103 cm³/mol. The maximum atomic E-state index is 11.2. The Kier molecular flexibility index (Phi) is 10.4. The molecule has 0 saturated heterocycles. The first kappa shape index (κ1) is 25.2. The van der Waals surface area contributed by atoms with Gasteiger partial charge in [0.05, 0.1) is 12.7 Å². The van der Waals surface area contributed by atoms with E-state index in [1.165, 1.54) is 43.4 Å². The number of esters is 1. The van der Waals surface area contributed by atoms with Gasteiger partial charge in [-0.1, -0.05) is 48.6 Å². The molecule has 0 amide bonds. The van der Waals surface area contributed by atoms with Crippen molar-refractivity contribution in [2.45, 2.75) is 43.7 Å². The zero-order valence-corrected chi connectivity index (χ0v) is 16.8. The molecule has 162 valence electrons. The number of phosphoric acid groups is 1. The molecular weight excluding hydrogens is 403 g/mol. The Morgan fingerprint density at radius 1 is 1.41 bits per heavy atom. The Morgan fingerprint density at radius 3 is 2.72 bits per heavy atom. The third kappa shape index (κ3) is 11.1. The van der Waals surface area contributed by atoms with E-state index in [0.29, 0.717) is 6.42 Å². The molecule has 0 aliphatic carbocycles. The van der Waals surface area contributed by atoms with Crippen LogP contribution in [0.3, 0.4) is 0 Å². The van der Waals surface area contributed by atoms with Crippen LogP contribution in [0.4, 0.5) is 0 Å². The van der Waals surface area contributed by atoms with Gasteiger partial charge in [-0.3, -0.25) is 4.57 Å². The van der Waals surface area contributed by atoms with Crippen molar-refractivity contribution in [1.82, 2.24) is 0 Å². The van der Waals surface area contributed by atoms with E-state index in [1.807, 2.05) is 0 Å². The van der Waals surface area contributed by atoms with Gasteiger partial charge in [-0.25, -0.2) is 4.79 Å². The number of aliphatic hydroxyl groups is 3. The van der Waals surface area contributed by atoms with Crippen molar-refractivity contribution in [3.05, 3.63) is 60.8 Å². The van der Waals surface area contributed by atoms with Crippen LogP contribution in [0.15, 0.2) is 60.8 Å². The lowest BCUT2D eigenvalue weighted by atomic mass is 9.93. The van der Waals surface area contributed by atoms with Crippen molar-refractivity contribution in [1.29, 1.82) is 0 Å². The lowest BCUT2D eigenvalue weighted by molar-refractivity contribution is -0.230. The van der Waals surface area contributed by atoms with Crippen molar-refractivity contribution >= 4 is 13.8 Å². The molecule has 5 atom stereocenters. The van der Waals surface area contributed by atoms with Gasteiger partial charge >= 0.3 is 5.97 Å². The molecule has 1 aliphatic rings. The summed E-state index contributed by atoms with van der Waals surface area (Å²) in [5.74, 6) is -0.541. The van der Waals surface area contributed by atoms with Crippen LogP contribution in [0.2, 0.25) is 0 Å². The third-order valence-electron chi connectivity index (χ3n) is 3.81. The van der Waals surface area contributed by atoms with Crippen LogP contribution in [-0.4, -0.2) is 56.7 Å². The third-order valence-corrected chi connectivity index (χ3v) is 4.34. The fourth-order valence-electron chi connectivity index (χ4n) is 2.37. The molecule has 0 aromatic rings. The zero-order chi connectivity index (χ0) is 21.9. The average Bonchev–Trinajstić information content (AvgIpc) is 2.61. The van der Waals surface area contributed by atoms with Crippen molar-refractivity contribution in [2.75, 3.05) is 6.61 Å². The predicted octanol–water partition coefficient (Wildman–Crippen LogP) is 0.423. The van der Waals surface area contributed by atoms with E-state index in [1.54, 1.807) is 24.3 Å². The molecule has 0 fully saturated rings. The number of allylic oxidation sites excluding steroid dienone is 4. The molecule has 4 N–H and O–H groups in total. The van der Waals surface area contributed by atoms with Gasteiger partial charge in [-0.05, 0) is 13.0 Å². The van der Waals surface area contributed by atoms with Crippen molar-refractivity contribution in [3.63, 3.8) is 0 Å². The molecule has 0 aromatic carbocycles. The molecule has 1 rings (SSSR count). The Hall–Kier alpha value is -1.84. The molecule has 0 saturated carbocycles. The highest BCUT2D eigenvalue weighted by Gasteiger charge is 2.34. The van der Waals surface area contributed by atoms with E-state index in [-0.39, 0.29) is 13.0 Å². The second kappa shape index (κ2) is 12.0. The number of cyclic esters (lactones) is 1. The van der Waals surface area contributed by atoms with E-state index in [0.717, 1.165) is 0 Å². The summed E-state index contributed by atoms with van der Waals surface area (Å²) in [5.41, 5.74) is -1.91. The molecule has 0 spiro atoms. The van der Waals surface area contributed by atoms with Crippen LogP contribution in [-0.2, 0) is 18.6 Å². The Bertz CT molecular complexity index is 715. The molecule has 0 radical (unpaired) electrons. The Morgan fingerprint density at radius 2 is 2.10 bits per heavy atom. The summed E-state index contributed by atoms with van der Waals surface area (Å²) in [6, 6.07) is 0. The first-order valence-electron chi connectivity index (χ1n) is 8.83. The van der Waals surface area contributed by atoms with Gasteiger partial charge in [0.15, 0.2) is 0 Å². The summed E-state index contributed by atoms with van der Waals surface area (Å²) in [4.78, 5) is 31.5. The summed E-state index contributed by atoms with van der Waals surface area (Å²) in [6.45, 7) is 1.13. The van der Waals surface area contributed by atoms with Crippen LogP contribution in [0.25, 0.3) is 0 Å². The Labute approximate surface area is 169 Å². The lowest BCUT2D eigenvalue weighted by Gasteiger charge is -2.34.